The van der Waals surface area contributed by atoms with Gasteiger partial charge in [0.05, 0.1) is 11.6 Å². The molecule has 4 unspecified atom stereocenters. The molecule has 0 aliphatic heterocycles. The Morgan fingerprint density at radius 3 is 2.90 bits per heavy atom. The first-order valence-corrected chi connectivity index (χ1v) is 8.73. The van der Waals surface area contributed by atoms with Crippen LogP contribution in [0.5, 0.6) is 0 Å². The van der Waals surface area contributed by atoms with Gasteiger partial charge in [0, 0.05) is 21.6 Å². The largest absolute Gasteiger partial charge is 0.388 e. The first-order chi connectivity index (χ1) is 10.2. The van der Waals surface area contributed by atoms with Crippen molar-refractivity contribution in [3.63, 3.8) is 0 Å². The van der Waals surface area contributed by atoms with Crippen molar-refractivity contribution in [2.45, 2.75) is 38.2 Å². The third-order valence-electron chi connectivity index (χ3n) is 5.52. The van der Waals surface area contributed by atoms with Gasteiger partial charge >= 0.3 is 0 Å². The Hall–Kier alpha value is -0.930. The number of benzene rings is 1. The van der Waals surface area contributed by atoms with E-state index in [0.717, 1.165) is 39.2 Å². The van der Waals surface area contributed by atoms with Crippen LogP contribution in [0.15, 0.2) is 34.9 Å². The first kappa shape index (κ1) is 13.7. The van der Waals surface area contributed by atoms with Crippen LogP contribution in [0, 0.1) is 17.8 Å². The zero-order valence-electron chi connectivity index (χ0n) is 12.0. The number of rotatable bonds is 3. The predicted octanol–water partition coefficient (Wildman–Crippen LogP) is 4.86. The van der Waals surface area contributed by atoms with Crippen molar-refractivity contribution in [2.24, 2.45) is 17.8 Å². The average Bonchev–Trinajstić information content (AvgIpc) is 3.10. The highest BCUT2D eigenvalue weighted by Gasteiger charge is 2.40. The van der Waals surface area contributed by atoms with E-state index in [-0.39, 0.29) is 6.10 Å². The van der Waals surface area contributed by atoms with Crippen LogP contribution >= 0.6 is 15.9 Å². The fourth-order valence-corrected chi connectivity index (χ4v) is 4.96. The van der Waals surface area contributed by atoms with Crippen molar-refractivity contribution in [3.05, 3.63) is 40.5 Å². The van der Waals surface area contributed by atoms with Crippen LogP contribution < -0.4 is 0 Å². The normalized spacial score (nSPS) is 29.1. The highest BCUT2D eigenvalue weighted by Crippen LogP contribution is 2.51. The summed E-state index contributed by atoms with van der Waals surface area (Å²) in [4.78, 5) is 4.50. The van der Waals surface area contributed by atoms with Crippen LogP contribution in [-0.2, 0) is 0 Å². The lowest BCUT2D eigenvalue weighted by atomic mass is 9.83. The Labute approximate surface area is 133 Å². The lowest BCUT2D eigenvalue weighted by Gasteiger charge is -2.24. The van der Waals surface area contributed by atoms with Gasteiger partial charge in [-0.15, -0.1) is 0 Å². The van der Waals surface area contributed by atoms with Crippen LogP contribution in [0.4, 0.5) is 0 Å². The fraction of sp³-hybridized carbons (Fsp3) is 0.500. The molecular formula is C18H20BrNO. The van der Waals surface area contributed by atoms with Crippen molar-refractivity contribution in [1.29, 1.82) is 0 Å². The number of fused-ring (bicyclic) bond motifs is 3. The molecule has 2 aromatic rings. The topological polar surface area (TPSA) is 33.1 Å². The summed E-state index contributed by atoms with van der Waals surface area (Å²) in [5, 5.41) is 11.8. The van der Waals surface area contributed by atoms with Crippen molar-refractivity contribution in [1.82, 2.24) is 4.98 Å². The van der Waals surface area contributed by atoms with E-state index in [9.17, 15) is 5.11 Å². The molecule has 1 N–H and O–H groups in total. The van der Waals surface area contributed by atoms with Crippen LogP contribution in [0.25, 0.3) is 10.9 Å². The van der Waals surface area contributed by atoms with Gasteiger partial charge in [-0.05, 0) is 55.6 Å². The van der Waals surface area contributed by atoms with Crippen LogP contribution in [0.1, 0.15) is 43.8 Å². The molecular weight excluding hydrogens is 326 g/mol. The molecule has 2 fully saturated rings. The minimum absolute atomic E-state index is 0.389. The number of aliphatic hydroxyl groups is 1. The Bertz CT molecular complexity index is 671. The lowest BCUT2D eigenvalue weighted by molar-refractivity contribution is 0.126. The smallest absolute Gasteiger partial charge is 0.0813 e. The monoisotopic (exact) mass is 345 g/mol. The van der Waals surface area contributed by atoms with Gasteiger partial charge in [0.1, 0.15) is 0 Å². The van der Waals surface area contributed by atoms with Crippen molar-refractivity contribution in [2.75, 3.05) is 0 Å². The van der Waals surface area contributed by atoms with Gasteiger partial charge in [-0.2, -0.15) is 0 Å². The second kappa shape index (κ2) is 5.36. The van der Waals surface area contributed by atoms with Gasteiger partial charge in [0.2, 0.25) is 0 Å². The standard InChI is InChI=1S/C18H20BrNO/c19-16-6-5-15(18-14(16)2-1-7-20-18)17(21)10-13-9-11-3-4-12(13)8-11/h1-2,5-7,11-13,17,21H,3-4,8-10H2. The van der Waals surface area contributed by atoms with Crippen molar-refractivity contribution >= 4 is 26.8 Å². The summed E-state index contributed by atoms with van der Waals surface area (Å²) < 4.78 is 1.04. The minimum atomic E-state index is -0.389. The zero-order chi connectivity index (χ0) is 14.4. The maximum atomic E-state index is 10.7. The third kappa shape index (κ3) is 2.40. The molecule has 2 nitrogen and oxygen atoms in total. The Morgan fingerprint density at radius 1 is 1.24 bits per heavy atom. The average molecular weight is 346 g/mol. The second-order valence-electron chi connectivity index (χ2n) is 6.72. The summed E-state index contributed by atoms with van der Waals surface area (Å²) in [6.45, 7) is 0. The predicted molar refractivity (Wildman–Crippen MR) is 88.0 cm³/mol. The molecule has 0 amide bonds. The second-order valence-corrected chi connectivity index (χ2v) is 7.58. The van der Waals surface area contributed by atoms with Gasteiger partial charge < -0.3 is 5.11 Å². The van der Waals surface area contributed by atoms with E-state index in [1.165, 1.54) is 25.7 Å². The third-order valence-corrected chi connectivity index (χ3v) is 6.21. The molecule has 2 bridgehead atoms. The minimum Gasteiger partial charge on any atom is -0.388 e. The molecule has 2 aliphatic rings. The molecule has 1 heterocycles. The van der Waals surface area contributed by atoms with E-state index in [1.807, 2.05) is 24.4 Å². The van der Waals surface area contributed by atoms with E-state index in [0.29, 0.717) is 5.92 Å². The molecule has 2 saturated carbocycles. The number of pyridine rings is 1. The highest BCUT2D eigenvalue weighted by atomic mass is 79.9. The van der Waals surface area contributed by atoms with E-state index < -0.39 is 0 Å². The highest BCUT2D eigenvalue weighted by molar-refractivity contribution is 9.10. The van der Waals surface area contributed by atoms with Crippen LogP contribution in [-0.4, -0.2) is 10.1 Å². The van der Waals surface area contributed by atoms with Gasteiger partial charge in [-0.25, -0.2) is 0 Å². The molecule has 110 valence electrons. The van der Waals surface area contributed by atoms with Gasteiger partial charge in [-0.3, -0.25) is 4.98 Å². The zero-order valence-corrected chi connectivity index (χ0v) is 13.6. The maximum absolute atomic E-state index is 10.7. The SMILES string of the molecule is OC(CC1CC2CCC1C2)c1ccc(Br)c2cccnc12. The van der Waals surface area contributed by atoms with Crippen molar-refractivity contribution < 1.29 is 5.11 Å². The Morgan fingerprint density at radius 2 is 2.14 bits per heavy atom. The molecule has 0 radical (unpaired) electrons. The summed E-state index contributed by atoms with van der Waals surface area (Å²) in [5.41, 5.74) is 1.92. The van der Waals surface area contributed by atoms with E-state index in [4.69, 9.17) is 0 Å². The summed E-state index contributed by atoms with van der Waals surface area (Å²) in [6.07, 6.45) is 7.83. The molecule has 0 spiro atoms. The number of aliphatic hydroxyl groups excluding tert-OH is 1. The lowest BCUT2D eigenvalue weighted by Crippen LogP contribution is -2.14. The van der Waals surface area contributed by atoms with E-state index in [1.54, 1.807) is 0 Å². The number of hydrogen-bond donors (Lipinski definition) is 1. The molecule has 3 heteroatoms. The van der Waals surface area contributed by atoms with Gasteiger partial charge in [0.25, 0.3) is 0 Å². The molecule has 21 heavy (non-hydrogen) atoms. The van der Waals surface area contributed by atoms with E-state index >= 15 is 0 Å². The summed E-state index contributed by atoms with van der Waals surface area (Å²) >= 11 is 3.57. The summed E-state index contributed by atoms with van der Waals surface area (Å²) in [7, 11) is 0. The van der Waals surface area contributed by atoms with E-state index in [2.05, 4.69) is 27.0 Å². The maximum Gasteiger partial charge on any atom is 0.0813 e. The molecule has 4 atom stereocenters. The quantitative estimate of drug-likeness (QED) is 0.861. The number of nitrogens with zero attached hydrogens (tertiary/aromatic N) is 1. The van der Waals surface area contributed by atoms with Gasteiger partial charge in [-0.1, -0.05) is 34.5 Å². The Balaban J connectivity index is 1.62. The van der Waals surface area contributed by atoms with Gasteiger partial charge in [0.15, 0.2) is 0 Å². The molecule has 1 aromatic heterocycles. The summed E-state index contributed by atoms with van der Waals surface area (Å²) in [5.74, 6) is 2.51. The number of aromatic nitrogens is 1. The fourth-order valence-electron chi connectivity index (χ4n) is 4.51. The van der Waals surface area contributed by atoms with Crippen LogP contribution in [0.3, 0.4) is 0 Å². The molecule has 0 saturated heterocycles. The summed E-state index contributed by atoms with van der Waals surface area (Å²) in [6, 6.07) is 8.06. The van der Waals surface area contributed by atoms with Crippen molar-refractivity contribution in [3.8, 4) is 0 Å². The number of halogens is 1. The first-order valence-electron chi connectivity index (χ1n) is 7.93. The Kier molecular flexibility index (Phi) is 3.50. The van der Waals surface area contributed by atoms with Crippen LogP contribution in [0.2, 0.25) is 0 Å². The molecule has 2 aliphatic carbocycles. The molecule has 1 aromatic carbocycles. The molecule has 4 rings (SSSR count). The number of hydrogen-bond acceptors (Lipinski definition) is 2.